The highest BCUT2D eigenvalue weighted by molar-refractivity contribution is 6.09. The molecule has 0 amide bonds. The average molecular weight is 433 g/mol. The van der Waals surface area contributed by atoms with Gasteiger partial charge in [0.2, 0.25) is 0 Å². The van der Waals surface area contributed by atoms with Crippen molar-refractivity contribution in [3.8, 4) is 0 Å². The molecule has 0 heterocycles. The summed E-state index contributed by atoms with van der Waals surface area (Å²) in [5.74, 6) is 0.0157. The van der Waals surface area contributed by atoms with Gasteiger partial charge in [-0.3, -0.25) is 9.79 Å². The number of anilines is 1. The van der Waals surface area contributed by atoms with Gasteiger partial charge in [-0.2, -0.15) is 0 Å². The van der Waals surface area contributed by atoms with E-state index in [-0.39, 0.29) is 5.78 Å². The van der Waals surface area contributed by atoms with E-state index < -0.39 is 0 Å². The maximum absolute atomic E-state index is 12.5. The normalized spacial score (nSPS) is 12.3. The molecule has 3 nitrogen and oxygen atoms in total. The number of nitrogens with one attached hydrogen (secondary N) is 1. The molecule has 0 saturated heterocycles. The van der Waals surface area contributed by atoms with Crippen molar-refractivity contribution in [3.63, 3.8) is 0 Å². The summed E-state index contributed by atoms with van der Waals surface area (Å²) in [6, 6.07) is 24.8. The van der Waals surface area contributed by atoms with Crippen LogP contribution in [0.3, 0.4) is 0 Å². The minimum atomic E-state index is 0.0157. The Morgan fingerprint density at radius 1 is 0.879 bits per heavy atom. The maximum Gasteiger partial charge on any atom is 0.193 e. The van der Waals surface area contributed by atoms with E-state index in [9.17, 15) is 4.79 Å². The Hall–Kier alpha value is -4.24. The predicted molar refractivity (Wildman–Crippen MR) is 140 cm³/mol. The van der Waals surface area contributed by atoms with Crippen LogP contribution in [0.5, 0.6) is 0 Å². The molecule has 3 aromatic carbocycles. The number of benzene rings is 3. The monoisotopic (exact) mass is 432 g/mol. The minimum absolute atomic E-state index is 0.0157. The first-order valence-electron chi connectivity index (χ1n) is 10.8. The number of aryl methyl sites for hydroxylation is 1. The summed E-state index contributed by atoms with van der Waals surface area (Å²) in [7, 11) is 0. The van der Waals surface area contributed by atoms with Gasteiger partial charge in [0.25, 0.3) is 0 Å². The Morgan fingerprint density at radius 2 is 1.55 bits per heavy atom. The second kappa shape index (κ2) is 12.0. The van der Waals surface area contributed by atoms with Gasteiger partial charge in [-0.25, -0.2) is 0 Å². The van der Waals surface area contributed by atoms with Crippen molar-refractivity contribution in [2.24, 2.45) is 4.99 Å². The minimum Gasteiger partial charge on any atom is -0.362 e. The zero-order chi connectivity index (χ0) is 23.5. The number of carbonyl (C=O) groups is 1. The number of ketones is 1. The Balaban J connectivity index is 1.63. The summed E-state index contributed by atoms with van der Waals surface area (Å²) < 4.78 is 0. The van der Waals surface area contributed by atoms with Gasteiger partial charge in [0.15, 0.2) is 5.78 Å². The van der Waals surface area contributed by atoms with Crippen LogP contribution >= 0.6 is 0 Å². The fourth-order valence-corrected chi connectivity index (χ4v) is 3.18. The summed E-state index contributed by atoms with van der Waals surface area (Å²) in [5, 5.41) is 3.25. The van der Waals surface area contributed by atoms with Gasteiger partial charge in [0.05, 0.1) is 5.69 Å². The van der Waals surface area contributed by atoms with Crippen LogP contribution in [0.4, 0.5) is 11.4 Å². The third kappa shape index (κ3) is 6.88. The summed E-state index contributed by atoms with van der Waals surface area (Å²) in [5.41, 5.74) is 6.35. The van der Waals surface area contributed by atoms with Gasteiger partial charge < -0.3 is 5.32 Å². The average Bonchev–Trinajstić information content (AvgIpc) is 2.86. The molecule has 0 bridgehead atoms. The standard InChI is InChI=1S/C30H28N2O/c1-4-24(19-21-31-28-15-11-23(3)12-16-28)25(5-2)20-22-32-29-17-13-27(14-18-29)30(33)26-9-7-6-8-10-26/h4-22,32H,1H2,2-3H3/b22-20-,24-19+,25-5+,31-21?. The predicted octanol–water partition coefficient (Wildman–Crippen LogP) is 7.61. The van der Waals surface area contributed by atoms with Crippen LogP contribution in [0.15, 0.2) is 132 Å². The van der Waals surface area contributed by atoms with Crippen molar-refractivity contribution in [1.82, 2.24) is 0 Å². The van der Waals surface area contributed by atoms with Gasteiger partial charge in [-0.05, 0) is 73.5 Å². The van der Waals surface area contributed by atoms with Crippen LogP contribution in [-0.4, -0.2) is 12.0 Å². The Labute approximate surface area is 196 Å². The van der Waals surface area contributed by atoms with E-state index in [1.165, 1.54) is 5.56 Å². The lowest BCUT2D eigenvalue weighted by molar-refractivity contribution is 0.103. The van der Waals surface area contributed by atoms with Gasteiger partial charge in [-0.15, -0.1) is 0 Å². The molecule has 0 aliphatic carbocycles. The molecule has 164 valence electrons. The molecule has 0 saturated carbocycles. The molecule has 0 aliphatic heterocycles. The quantitative estimate of drug-likeness (QED) is 0.215. The van der Waals surface area contributed by atoms with Crippen molar-refractivity contribution in [1.29, 1.82) is 0 Å². The fraction of sp³-hybridized carbons (Fsp3) is 0.0667. The zero-order valence-corrected chi connectivity index (χ0v) is 19.0. The smallest absolute Gasteiger partial charge is 0.193 e. The number of allylic oxidation sites excluding steroid dienone is 6. The third-order valence-electron chi connectivity index (χ3n) is 5.07. The lowest BCUT2D eigenvalue weighted by Gasteiger charge is -2.05. The molecular weight excluding hydrogens is 404 g/mol. The molecule has 0 unspecified atom stereocenters. The summed E-state index contributed by atoms with van der Waals surface area (Å²) >= 11 is 0. The molecule has 1 N–H and O–H groups in total. The highest BCUT2D eigenvalue weighted by Crippen LogP contribution is 2.16. The van der Waals surface area contributed by atoms with E-state index in [1.807, 2.05) is 116 Å². The molecular formula is C30H28N2O. The lowest BCUT2D eigenvalue weighted by Crippen LogP contribution is -2.00. The Kier molecular flexibility index (Phi) is 8.49. The molecule has 33 heavy (non-hydrogen) atoms. The number of aliphatic imine (C=N–C) groups is 1. The van der Waals surface area contributed by atoms with E-state index in [0.29, 0.717) is 11.1 Å². The summed E-state index contributed by atoms with van der Waals surface area (Å²) in [4.78, 5) is 17.0. The van der Waals surface area contributed by atoms with Gasteiger partial charge in [0, 0.05) is 29.2 Å². The third-order valence-corrected chi connectivity index (χ3v) is 5.07. The summed E-state index contributed by atoms with van der Waals surface area (Å²) in [6.07, 6.45) is 11.4. The van der Waals surface area contributed by atoms with Gasteiger partial charge >= 0.3 is 0 Å². The van der Waals surface area contributed by atoms with Gasteiger partial charge in [-0.1, -0.05) is 66.8 Å². The highest BCUT2D eigenvalue weighted by Gasteiger charge is 2.07. The van der Waals surface area contributed by atoms with Crippen molar-refractivity contribution in [2.45, 2.75) is 13.8 Å². The van der Waals surface area contributed by atoms with E-state index in [0.717, 1.165) is 22.5 Å². The molecule has 0 aromatic heterocycles. The first kappa shape index (κ1) is 23.4. The van der Waals surface area contributed by atoms with Crippen molar-refractivity contribution in [2.75, 3.05) is 5.32 Å². The largest absolute Gasteiger partial charge is 0.362 e. The molecule has 0 atom stereocenters. The molecule has 3 rings (SSSR count). The maximum atomic E-state index is 12.5. The lowest BCUT2D eigenvalue weighted by atomic mass is 10.0. The Bertz CT molecular complexity index is 1200. The fourth-order valence-electron chi connectivity index (χ4n) is 3.18. The topological polar surface area (TPSA) is 41.5 Å². The van der Waals surface area contributed by atoms with Crippen LogP contribution in [0.2, 0.25) is 0 Å². The highest BCUT2D eigenvalue weighted by atomic mass is 16.1. The van der Waals surface area contributed by atoms with Crippen LogP contribution in [-0.2, 0) is 0 Å². The van der Waals surface area contributed by atoms with Crippen molar-refractivity contribution in [3.05, 3.63) is 144 Å². The second-order valence-electron chi connectivity index (χ2n) is 7.43. The SMILES string of the molecule is C=CC(=C\C=Nc1ccc(C)cc1)/C(/C=C\Nc1ccc(C(=O)c2ccccc2)cc1)=C/C. The van der Waals surface area contributed by atoms with Crippen molar-refractivity contribution < 1.29 is 4.79 Å². The number of rotatable bonds is 9. The number of hydrogen-bond donors (Lipinski definition) is 1. The zero-order valence-electron chi connectivity index (χ0n) is 19.0. The van der Waals surface area contributed by atoms with E-state index in [4.69, 9.17) is 0 Å². The van der Waals surface area contributed by atoms with Gasteiger partial charge in [0.1, 0.15) is 0 Å². The molecule has 0 radical (unpaired) electrons. The Morgan fingerprint density at radius 3 is 2.18 bits per heavy atom. The van der Waals surface area contributed by atoms with E-state index >= 15 is 0 Å². The van der Waals surface area contributed by atoms with E-state index in [1.54, 1.807) is 6.21 Å². The molecule has 0 aliphatic rings. The number of nitrogens with zero attached hydrogens (tertiary/aromatic N) is 1. The first-order chi connectivity index (χ1) is 16.1. The van der Waals surface area contributed by atoms with Crippen LogP contribution in [0, 0.1) is 6.92 Å². The second-order valence-corrected chi connectivity index (χ2v) is 7.43. The van der Waals surface area contributed by atoms with E-state index in [2.05, 4.69) is 23.8 Å². The van der Waals surface area contributed by atoms with Crippen LogP contribution < -0.4 is 5.32 Å². The molecule has 3 aromatic rings. The summed E-state index contributed by atoms with van der Waals surface area (Å²) in [6.45, 7) is 7.97. The first-order valence-corrected chi connectivity index (χ1v) is 10.8. The molecule has 0 fully saturated rings. The van der Waals surface area contributed by atoms with Crippen LogP contribution in [0.25, 0.3) is 0 Å². The molecule has 3 heteroatoms. The van der Waals surface area contributed by atoms with Crippen molar-refractivity contribution >= 4 is 23.4 Å². The number of carbonyl (C=O) groups excluding carboxylic acids is 1. The number of hydrogen-bond acceptors (Lipinski definition) is 3. The molecule has 0 spiro atoms. The van der Waals surface area contributed by atoms with Crippen LogP contribution in [0.1, 0.15) is 28.4 Å².